The van der Waals surface area contributed by atoms with Crippen LogP contribution in [0.1, 0.15) is 24.9 Å². The van der Waals surface area contributed by atoms with Crippen LogP contribution in [0.25, 0.3) is 10.8 Å². The number of hydrogen-bond acceptors (Lipinski definition) is 3. The fraction of sp³-hybridized carbons (Fsp3) is 0.444. The molecule has 112 valence electrons. The van der Waals surface area contributed by atoms with E-state index in [2.05, 4.69) is 54.3 Å². The van der Waals surface area contributed by atoms with Gasteiger partial charge >= 0.3 is 0 Å². The van der Waals surface area contributed by atoms with Gasteiger partial charge in [-0.25, -0.2) is 0 Å². The van der Waals surface area contributed by atoms with Gasteiger partial charge in [-0.1, -0.05) is 43.3 Å². The minimum atomic E-state index is 0.0572. The van der Waals surface area contributed by atoms with Gasteiger partial charge in [0.05, 0.1) is 13.2 Å². The van der Waals surface area contributed by atoms with Crippen LogP contribution in [0.15, 0.2) is 42.5 Å². The van der Waals surface area contributed by atoms with E-state index in [9.17, 15) is 0 Å². The lowest BCUT2D eigenvalue weighted by molar-refractivity contribution is -0.0110. The van der Waals surface area contributed by atoms with Crippen molar-refractivity contribution in [2.45, 2.75) is 25.4 Å². The van der Waals surface area contributed by atoms with Gasteiger partial charge in [0.1, 0.15) is 0 Å². The fourth-order valence-corrected chi connectivity index (χ4v) is 3.10. The van der Waals surface area contributed by atoms with E-state index < -0.39 is 0 Å². The highest BCUT2D eigenvalue weighted by atomic mass is 16.5. The summed E-state index contributed by atoms with van der Waals surface area (Å²) in [5.41, 5.74) is 7.67. The molecule has 2 unspecified atom stereocenters. The molecule has 1 heterocycles. The Hall–Kier alpha value is -1.42. The molecule has 0 spiro atoms. The van der Waals surface area contributed by atoms with Crippen LogP contribution in [0, 0.1) is 0 Å². The van der Waals surface area contributed by atoms with Crippen molar-refractivity contribution >= 4 is 10.8 Å². The smallest absolute Gasteiger partial charge is 0.0622 e. The Bertz CT molecular complexity index is 599. The van der Waals surface area contributed by atoms with Crippen LogP contribution < -0.4 is 5.73 Å². The van der Waals surface area contributed by atoms with Gasteiger partial charge in [0, 0.05) is 25.2 Å². The number of fused-ring (bicyclic) bond motifs is 1. The zero-order chi connectivity index (χ0) is 14.7. The van der Waals surface area contributed by atoms with Crippen LogP contribution in [0.4, 0.5) is 0 Å². The van der Waals surface area contributed by atoms with Crippen molar-refractivity contribution in [1.29, 1.82) is 0 Å². The van der Waals surface area contributed by atoms with Crippen molar-refractivity contribution in [3.8, 4) is 0 Å². The molecule has 21 heavy (non-hydrogen) atoms. The summed E-state index contributed by atoms with van der Waals surface area (Å²) in [5.74, 6) is 0. The lowest BCUT2D eigenvalue weighted by Gasteiger charge is -2.36. The maximum atomic E-state index is 6.45. The SMILES string of the molecule is CCC1COCCN1CC(N)c1ccc2ccccc2c1. The third-order valence-corrected chi connectivity index (χ3v) is 4.45. The van der Waals surface area contributed by atoms with Gasteiger partial charge in [0.25, 0.3) is 0 Å². The predicted octanol–water partition coefficient (Wildman–Crippen LogP) is 2.95. The molecule has 3 heteroatoms. The molecule has 0 bridgehead atoms. The number of ether oxygens (including phenoxy) is 1. The van der Waals surface area contributed by atoms with Crippen molar-refractivity contribution in [3.63, 3.8) is 0 Å². The maximum absolute atomic E-state index is 6.45. The number of nitrogens with zero attached hydrogens (tertiary/aromatic N) is 1. The van der Waals surface area contributed by atoms with Gasteiger partial charge in [-0.05, 0) is 28.8 Å². The Balaban J connectivity index is 1.75. The number of benzene rings is 2. The second-order valence-corrected chi connectivity index (χ2v) is 5.85. The molecule has 3 nitrogen and oxygen atoms in total. The highest BCUT2D eigenvalue weighted by molar-refractivity contribution is 5.83. The summed E-state index contributed by atoms with van der Waals surface area (Å²) in [6, 6.07) is 15.5. The quantitative estimate of drug-likeness (QED) is 0.938. The lowest BCUT2D eigenvalue weighted by atomic mass is 10.0. The average Bonchev–Trinajstić information content (AvgIpc) is 2.55. The molecular formula is C18H24N2O. The zero-order valence-electron chi connectivity index (χ0n) is 12.7. The Morgan fingerprint density at radius 2 is 2.05 bits per heavy atom. The first-order chi connectivity index (χ1) is 10.3. The van der Waals surface area contributed by atoms with Crippen LogP contribution in [0.3, 0.4) is 0 Å². The highest BCUT2D eigenvalue weighted by Crippen LogP contribution is 2.21. The Kier molecular flexibility index (Phi) is 4.54. The summed E-state index contributed by atoms with van der Waals surface area (Å²) >= 11 is 0. The number of hydrogen-bond donors (Lipinski definition) is 1. The van der Waals surface area contributed by atoms with E-state index in [1.54, 1.807) is 0 Å². The summed E-state index contributed by atoms with van der Waals surface area (Å²) < 4.78 is 5.57. The topological polar surface area (TPSA) is 38.5 Å². The third-order valence-electron chi connectivity index (χ3n) is 4.45. The Morgan fingerprint density at radius 1 is 1.24 bits per heavy atom. The maximum Gasteiger partial charge on any atom is 0.0622 e. The molecule has 1 saturated heterocycles. The van der Waals surface area contributed by atoms with E-state index in [1.165, 1.54) is 16.3 Å². The van der Waals surface area contributed by atoms with Crippen LogP contribution >= 0.6 is 0 Å². The van der Waals surface area contributed by atoms with Gasteiger partial charge in [-0.15, -0.1) is 0 Å². The van der Waals surface area contributed by atoms with Crippen molar-refractivity contribution in [1.82, 2.24) is 4.90 Å². The molecule has 2 atom stereocenters. The van der Waals surface area contributed by atoms with Gasteiger partial charge < -0.3 is 10.5 Å². The predicted molar refractivity (Wildman–Crippen MR) is 87.3 cm³/mol. The summed E-state index contributed by atoms with van der Waals surface area (Å²) in [5, 5.41) is 2.53. The van der Waals surface area contributed by atoms with Crippen LogP contribution in [0.2, 0.25) is 0 Å². The summed E-state index contributed by atoms with van der Waals surface area (Å²) in [6.07, 6.45) is 1.12. The van der Waals surface area contributed by atoms with Crippen LogP contribution in [-0.4, -0.2) is 37.2 Å². The van der Waals surface area contributed by atoms with Gasteiger partial charge in [0.15, 0.2) is 0 Å². The third kappa shape index (κ3) is 3.26. The molecule has 0 aromatic heterocycles. The average molecular weight is 284 g/mol. The molecule has 2 N–H and O–H groups in total. The van der Waals surface area contributed by atoms with Crippen molar-refractivity contribution < 1.29 is 4.74 Å². The Morgan fingerprint density at radius 3 is 2.86 bits per heavy atom. The molecule has 1 aliphatic rings. The van der Waals surface area contributed by atoms with Gasteiger partial charge in [-0.3, -0.25) is 4.90 Å². The van der Waals surface area contributed by atoms with Crippen LogP contribution in [0.5, 0.6) is 0 Å². The summed E-state index contributed by atoms with van der Waals surface area (Å²) in [4.78, 5) is 2.48. The molecule has 0 aliphatic carbocycles. The summed E-state index contributed by atoms with van der Waals surface area (Å²) in [6.45, 7) is 5.76. The van der Waals surface area contributed by atoms with E-state index in [0.29, 0.717) is 6.04 Å². The van der Waals surface area contributed by atoms with E-state index >= 15 is 0 Å². The second kappa shape index (κ2) is 6.56. The lowest BCUT2D eigenvalue weighted by Crippen LogP contribution is -2.47. The first-order valence-corrected chi connectivity index (χ1v) is 7.84. The van der Waals surface area contributed by atoms with E-state index in [1.807, 2.05) is 0 Å². The minimum Gasteiger partial charge on any atom is -0.378 e. The molecule has 1 fully saturated rings. The van der Waals surface area contributed by atoms with Crippen molar-refractivity contribution in [2.75, 3.05) is 26.3 Å². The first-order valence-electron chi connectivity index (χ1n) is 7.84. The normalized spacial score (nSPS) is 21.5. The van der Waals surface area contributed by atoms with E-state index in [4.69, 9.17) is 10.5 Å². The van der Waals surface area contributed by atoms with E-state index in [-0.39, 0.29) is 6.04 Å². The standard InChI is InChI=1S/C18H24N2O/c1-2-17-13-21-10-9-20(17)12-18(19)16-8-7-14-5-3-4-6-15(14)11-16/h3-8,11,17-18H,2,9-10,12-13,19H2,1H3. The molecule has 2 aromatic rings. The minimum absolute atomic E-state index is 0.0572. The molecule has 3 rings (SSSR count). The van der Waals surface area contributed by atoms with Gasteiger partial charge in [-0.2, -0.15) is 0 Å². The highest BCUT2D eigenvalue weighted by Gasteiger charge is 2.23. The van der Waals surface area contributed by atoms with Crippen molar-refractivity contribution in [2.24, 2.45) is 5.73 Å². The molecule has 2 aromatic carbocycles. The van der Waals surface area contributed by atoms with Gasteiger partial charge in [0.2, 0.25) is 0 Å². The second-order valence-electron chi connectivity index (χ2n) is 5.85. The molecule has 0 radical (unpaired) electrons. The number of rotatable bonds is 4. The van der Waals surface area contributed by atoms with Crippen LogP contribution in [-0.2, 0) is 4.74 Å². The Labute approximate surface area is 126 Å². The summed E-state index contributed by atoms with van der Waals surface area (Å²) in [7, 11) is 0. The molecule has 1 aliphatic heterocycles. The van der Waals surface area contributed by atoms with E-state index in [0.717, 1.165) is 32.7 Å². The molecule has 0 amide bonds. The number of nitrogens with two attached hydrogens (primary N) is 1. The zero-order valence-corrected chi connectivity index (χ0v) is 12.7. The first kappa shape index (κ1) is 14.5. The van der Waals surface area contributed by atoms with Crippen molar-refractivity contribution in [3.05, 3.63) is 48.0 Å². The largest absolute Gasteiger partial charge is 0.378 e. The molecule has 0 saturated carbocycles. The monoisotopic (exact) mass is 284 g/mol. The molecular weight excluding hydrogens is 260 g/mol. The fourth-order valence-electron chi connectivity index (χ4n) is 3.10. The number of morpholine rings is 1.